The van der Waals surface area contributed by atoms with Crippen LogP contribution < -0.4 is 5.32 Å². The number of nitrogens with one attached hydrogen (secondary N) is 1. The highest BCUT2D eigenvalue weighted by atomic mass is 16.3. The first-order valence-electron chi connectivity index (χ1n) is 7.10. The van der Waals surface area contributed by atoms with E-state index in [2.05, 4.69) is 5.32 Å². The van der Waals surface area contributed by atoms with Gasteiger partial charge in [-0.15, -0.1) is 0 Å². The molecular formula is C16H23NO2. The number of carbonyl (C=O) groups excluding carboxylic acids is 1. The van der Waals surface area contributed by atoms with Crippen LogP contribution in [0.15, 0.2) is 30.3 Å². The number of benzene rings is 1. The summed E-state index contributed by atoms with van der Waals surface area (Å²) in [4.78, 5) is 12.3. The van der Waals surface area contributed by atoms with Gasteiger partial charge in [-0.1, -0.05) is 50.1 Å². The monoisotopic (exact) mass is 261 g/mol. The Balaban J connectivity index is 1.94. The van der Waals surface area contributed by atoms with E-state index in [4.69, 9.17) is 0 Å². The van der Waals surface area contributed by atoms with Gasteiger partial charge in [-0.3, -0.25) is 4.79 Å². The van der Waals surface area contributed by atoms with Crippen LogP contribution in [0.1, 0.15) is 38.2 Å². The zero-order valence-electron chi connectivity index (χ0n) is 11.6. The summed E-state index contributed by atoms with van der Waals surface area (Å²) < 4.78 is 0. The maximum Gasteiger partial charge on any atom is 0.226 e. The maximum atomic E-state index is 12.3. The second-order valence-electron chi connectivity index (χ2n) is 5.81. The van der Waals surface area contributed by atoms with Gasteiger partial charge in [0, 0.05) is 5.41 Å². The molecule has 3 heteroatoms. The topological polar surface area (TPSA) is 49.3 Å². The van der Waals surface area contributed by atoms with Crippen LogP contribution in [0.25, 0.3) is 0 Å². The summed E-state index contributed by atoms with van der Waals surface area (Å²) in [5.41, 5.74) is 0.905. The van der Waals surface area contributed by atoms with Crippen molar-refractivity contribution in [2.75, 3.05) is 6.61 Å². The van der Waals surface area contributed by atoms with E-state index in [1.807, 2.05) is 37.3 Å². The Morgan fingerprint density at radius 2 is 1.95 bits per heavy atom. The lowest BCUT2D eigenvalue weighted by molar-refractivity contribution is -0.131. The van der Waals surface area contributed by atoms with Crippen molar-refractivity contribution in [1.82, 2.24) is 5.32 Å². The van der Waals surface area contributed by atoms with Crippen LogP contribution in [0.3, 0.4) is 0 Å². The number of hydrogen-bond acceptors (Lipinski definition) is 2. The van der Waals surface area contributed by atoms with Crippen LogP contribution >= 0.6 is 0 Å². The lowest BCUT2D eigenvalue weighted by Gasteiger charge is -2.26. The number of hydrogen-bond donors (Lipinski definition) is 2. The van der Waals surface area contributed by atoms with Crippen LogP contribution in [0.5, 0.6) is 0 Å². The highest BCUT2D eigenvalue weighted by molar-refractivity contribution is 5.82. The fourth-order valence-electron chi connectivity index (χ4n) is 2.80. The summed E-state index contributed by atoms with van der Waals surface area (Å²) in [5.74, 6) is 0.0972. The van der Waals surface area contributed by atoms with E-state index in [9.17, 15) is 9.90 Å². The zero-order valence-corrected chi connectivity index (χ0v) is 11.6. The third-order valence-electron chi connectivity index (χ3n) is 4.14. The van der Waals surface area contributed by atoms with E-state index in [0.29, 0.717) is 6.42 Å². The molecule has 0 saturated heterocycles. The fourth-order valence-corrected chi connectivity index (χ4v) is 2.80. The molecule has 2 rings (SSSR count). The van der Waals surface area contributed by atoms with E-state index in [1.54, 1.807) is 0 Å². The van der Waals surface area contributed by atoms with E-state index in [0.717, 1.165) is 31.2 Å². The van der Waals surface area contributed by atoms with Crippen molar-refractivity contribution in [3.8, 4) is 0 Å². The standard InChI is InChI=1S/C16H23NO2/c1-16(9-5-6-10-16)15(19)17-14(12-18)11-13-7-3-2-4-8-13/h2-4,7-8,14,18H,5-6,9-12H2,1H3,(H,17,19). The Hall–Kier alpha value is -1.35. The molecule has 1 aliphatic rings. The second kappa shape index (κ2) is 6.20. The lowest BCUT2D eigenvalue weighted by Crippen LogP contribution is -2.45. The summed E-state index contributed by atoms with van der Waals surface area (Å²) >= 11 is 0. The molecular weight excluding hydrogens is 238 g/mol. The van der Waals surface area contributed by atoms with Crippen LogP contribution in [0.2, 0.25) is 0 Å². The van der Waals surface area contributed by atoms with Crippen LogP contribution in [0, 0.1) is 5.41 Å². The minimum Gasteiger partial charge on any atom is -0.394 e. The number of carbonyl (C=O) groups is 1. The number of rotatable bonds is 5. The van der Waals surface area contributed by atoms with E-state index in [-0.39, 0.29) is 24.0 Å². The first-order valence-corrected chi connectivity index (χ1v) is 7.10. The molecule has 0 spiro atoms. The van der Waals surface area contributed by atoms with Crippen LogP contribution in [0.4, 0.5) is 0 Å². The molecule has 1 unspecified atom stereocenters. The summed E-state index contributed by atoms with van der Waals surface area (Å²) in [7, 11) is 0. The first-order chi connectivity index (χ1) is 9.14. The molecule has 3 nitrogen and oxygen atoms in total. The summed E-state index contributed by atoms with van der Waals surface area (Å²) in [6.07, 6.45) is 4.86. The number of aliphatic hydroxyl groups is 1. The van der Waals surface area contributed by atoms with Gasteiger partial charge in [0.25, 0.3) is 0 Å². The quantitative estimate of drug-likeness (QED) is 0.854. The van der Waals surface area contributed by atoms with Crippen molar-refractivity contribution >= 4 is 5.91 Å². The Bertz CT molecular complexity index is 410. The largest absolute Gasteiger partial charge is 0.394 e. The molecule has 0 radical (unpaired) electrons. The first kappa shape index (κ1) is 14.1. The third kappa shape index (κ3) is 3.57. The van der Waals surface area contributed by atoms with Crippen molar-refractivity contribution in [2.45, 2.75) is 45.1 Å². The lowest BCUT2D eigenvalue weighted by atomic mass is 9.87. The summed E-state index contributed by atoms with van der Waals surface area (Å²) in [6, 6.07) is 9.77. The minimum atomic E-state index is -0.232. The molecule has 1 saturated carbocycles. The van der Waals surface area contributed by atoms with Crippen LogP contribution in [-0.4, -0.2) is 23.7 Å². The normalized spacial score (nSPS) is 19.1. The average molecular weight is 261 g/mol. The molecule has 0 bridgehead atoms. The molecule has 1 aromatic rings. The SMILES string of the molecule is CC1(C(=O)NC(CO)Cc2ccccc2)CCCC1. The van der Waals surface area contributed by atoms with E-state index >= 15 is 0 Å². The molecule has 0 aliphatic heterocycles. The predicted molar refractivity (Wildman–Crippen MR) is 75.7 cm³/mol. The zero-order chi connectivity index (χ0) is 13.7. The van der Waals surface area contributed by atoms with Gasteiger partial charge < -0.3 is 10.4 Å². The maximum absolute atomic E-state index is 12.3. The highest BCUT2D eigenvalue weighted by Gasteiger charge is 2.36. The number of aliphatic hydroxyl groups excluding tert-OH is 1. The van der Waals surface area contributed by atoms with Crippen molar-refractivity contribution < 1.29 is 9.90 Å². The third-order valence-corrected chi connectivity index (χ3v) is 4.14. The number of amides is 1. The second-order valence-corrected chi connectivity index (χ2v) is 5.81. The fraction of sp³-hybridized carbons (Fsp3) is 0.562. The van der Waals surface area contributed by atoms with Gasteiger partial charge in [0.2, 0.25) is 5.91 Å². The molecule has 0 aromatic heterocycles. The van der Waals surface area contributed by atoms with Crippen molar-refractivity contribution in [2.24, 2.45) is 5.41 Å². The van der Waals surface area contributed by atoms with Gasteiger partial charge in [-0.2, -0.15) is 0 Å². The van der Waals surface area contributed by atoms with Crippen molar-refractivity contribution in [3.05, 3.63) is 35.9 Å². The smallest absolute Gasteiger partial charge is 0.226 e. The van der Waals surface area contributed by atoms with Gasteiger partial charge >= 0.3 is 0 Å². The molecule has 1 atom stereocenters. The average Bonchev–Trinajstić information content (AvgIpc) is 2.87. The van der Waals surface area contributed by atoms with Crippen LogP contribution in [-0.2, 0) is 11.2 Å². The molecule has 19 heavy (non-hydrogen) atoms. The van der Waals surface area contributed by atoms with Gasteiger partial charge in [-0.25, -0.2) is 0 Å². The Morgan fingerprint density at radius 3 is 2.53 bits per heavy atom. The molecule has 1 aromatic carbocycles. The minimum absolute atomic E-state index is 0.0171. The van der Waals surface area contributed by atoms with Crippen molar-refractivity contribution in [3.63, 3.8) is 0 Å². The molecule has 1 aliphatic carbocycles. The summed E-state index contributed by atoms with van der Waals surface area (Å²) in [6.45, 7) is 2.02. The van der Waals surface area contributed by atoms with Gasteiger partial charge in [-0.05, 0) is 24.8 Å². The molecule has 2 N–H and O–H groups in total. The predicted octanol–water partition coefficient (Wildman–Crippen LogP) is 2.29. The molecule has 1 fully saturated rings. The Labute approximate surface area is 115 Å². The molecule has 0 heterocycles. The van der Waals surface area contributed by atoms with Crippen molar-refractivity contribution in [1.29, 1.82) is 0 Å². The highest BCUT2D eigenvalue weighted by Crippen LogP contribution is 2.37. The van der Waals surface area contributed by atoms with Gasteiger partial charge in [0.1, 0.15) is 0 Å². The Morgan fingerprint density at radius 1 is 1.32 bits per heavy atom. The molecule has 104 valence electrons. The Kier molecular flexibility index (Phi) is 4.59. The summed E-state index contributed by atoms with van der Waals surface area (Å²) in [5, 5.41) is 12.5. The van der Waals surface area contributed by atoms with E-state index in [1.165, 1.54) is 0 Å². The molecule has 1 amide bonds. The van der Waals surface area contributed by atoms with Gasteiger partial charge in [0.15, 0.2) is 0 Å². The van der Waals surface area contributed by atoms with E-state index < -0.39 is 0 Å². The van der Waals surface area contributed by atoms with Gasteiger partial charge in [0.05, 0.1) is 12.6 Å².